The smallest absolute Gasteiger partial charge is 0.275 e. The van der Waals surface area contributed by atoms with Gasteiger partial charge in [0.25, 0.3) is 5.56 Å². The van der Waals surface area contributed by atoms with E-state index in [0.717, 1.165) is 11.8 Å². The van der Waals surface area contributed by atoms with Gasteiger partial charge in [-0.3, -0.25) is 9.59 Å². The van der Waals surface area contributed by atoms with Gasteiger partial charge in [0.05, 0.1) is 11.6 Å². The van der Waals surface area contributed by atoms with Crippen LogP contribution in [0.2, 0.25) is 0 Å². The zero-order valence-corrected chi connectivity index (χ0v) is 12.8. The number of rotatable bonds is 4. The number of fused-ring (bicyclic) bond motifs is 1. The predicted molar refractivity (Wildman–Crippen MR) is 90.5 cm³/mol. The molecule has 116 valence electrons. The first-order chi connectivity index (χ1) is 11.2. The van der Waals surface area contributed by atoms with Crippen LogP contribution in [0.25, 0.3) is 10.8 Å². The maximum Gasteiger partial charge on any atom is 0.275 e. The zero-order chi connectivity index (χ0) is 16.2. The average molecular weight is 307 g/mol. The van der Waals surface area contributed by atoms with E-state index >= 15 is 0 Å². The standard InChI is InChI=1S/C18H17N3O2/c1-2-13-7-9-15(10-8-13)20-17(22)12-21-18(23)16-6-4-3-5-14(16)11-19-21/h3-11H,2,12H2,1H3,(H,20,22). The maximum absolute atomic E-state index is 12.3. The molecule has 23 heavy (non-hydrogen) atoms. The van der Waals surface area contributed by atoms with Gasteiger partial charge >= 0.3 is 0 Å². The van der Waals surface area contributed by atoms with Crippen molar-refractivity contribution in [3.05, 3.63) is 70.6 Å². The topological polar surface area (TPSA) is 64.0 Å². The number of amides is 1. The largest absolute Gasteiger partial charge is 0.324 e. The summed E-state index contributed by atoms with van der Waals surface area (Å²) in [6.45, 7) is 1.96. The molecule has 0 atom stereocenters. The van der Waals surface area contributed by atoms with Crippen molar-refractivity contribution >= 4 is 22.4 Å². The minimum Gasteiger partial charge on any atom is -0.324 e. The van der Waals surface area contributed by atoms with Crippen molar-refractivity contribution in [3.8, 4) is 0 Å². The van der Waals surface area contributed by atoms with E-state index in [1.165, 1.54) is 10.2 Å². The zero-order valence-electron chi connectivity index (χ0n) is 12.8. The molecule has 1 N–H and O–H groups in total. The van der Waals surface area contributed by atoms with Crippen molar-refractivity contribution < 1.29 is 4.79 Å². The van der Waals surface area contributed by atoms with E-state index in [9.17, 15) is 9.59 Å². The van der Waals surface area contributed by atoms with Crippen molar-refractivity contribution in [1.29, 1.82) is 0 Å². The van der Waals surface area contributed by atoms with Crippen LogP contribution in [-0.4, -0.2) is 15.7 Å². The number of aryl methyl sites for hydroxylation is 1. The van der Waals surface area contributed by atoms with Crippen LogP contribution in [0.4, 0.5) is 5.69 Å². The van der Waals surface area contributed by atoms with Crippen LogP contribution in [0.3, 0.4) is 0 Å². The Labute approximate surface area is 133 Å². The third-order valence-electron chi connectivity index (χ3n) is 3.70. The van der Waals surface area contributed by atoms with Gasteiger partial charge in [-0.15, -0.1) is 0 Å². The number of aromatic nitrogens is 2. The van der Waals surface area contributed by atoms with E-state index in [-0.39, 0.29) is 18.0 Å². The van der Waals surface area contributed by atoms with E-state index < -0.39 is 0 Å². The molecule has 0 spiro atoms. The lowest BCUT2D eigenvalue weighted by atomic mass is 10.1. The highest BCUT2D eigenvalue weighted by Crippen LogP contribution is 2.10. The quantitative estimate of drug-likeness (QED) is 0.806. The molecule has 1 aromatic heterocycles. The second kappa shape index (κ2) is 6.44. The van der Waals surface area contributed by atoms with Gasteiger partial charge in [0.15, 0.2) is 0 Å². The molecule has 3 aromatic rings. The Balaban J connectivity index is 1.77. The SMILES string of the molecule is CCc1ccc(NC(=O)Cn2ncc3ccccc3c2=O)cc1. The molecule has 5 nitrogen and oxygen atoms in total. The van der Waals surface area contributed by atoms with E-state index in [0.29, 0.717) is 11.1 Å². The number of nitrogens with zero attached hydrogens (tertiary/aromatic N) is 2. The Hall–Kier alpha value is -2.95. The lowest BCUT2D eigenvalue weighted by molar-refractivity contribution is -0.117. The van der Waals surface area contributed by atoms with Crippen LogP contribution >= 0.6 is 0 Å². The number of carbonyl (C=O) groups is 1. The Morgan fingerprint density at radius 2 is 1.87 bits per heavy atom. The van der Waals surface area contributed by atoms with Gasteiger partial charge in [-0.1, -0.05) is 37.3 Å². The van der Waals surface area contributed by atoms with E-state index in [1.54, 1.807) is 18.3 Å². The third kappa shape index (κ3) is 3.29. The highest BCUT2D eigenvalue weighted by molar-refractivity contribution is 5.90. The van der Waals surface area contributed by atoms with Crippen LogP contribution in [0.15, 0.2) is 59.5 Å². The number of anilines is 1. The molecule has 0 aliphatic carbocycles. The number of benzene rings is 2. The Morgan fingerprint density at radius 3 is 2.61 bits per heavy atom. The van der Waals surface area contributed by atoms with Crippen LogP contribution in [0.1, 0.15) is 12.5 Å². The van der Waals surface area contributed by atoms with Gasteiger partial charge in [-0.2, -0.15) is 5.10 Å². The van der Waals surface area contributed by atoms with Crippen molar-refractivity contribution in [1.82, 2.24) is 9.78 Å². The van der Waals surface area contributed by atoms with E-state index in [4.69, 9.17) is 0 Å². The first-order valence-electron chi connectivity index (χ1n) is 7.51. The molecule has 3 rings (SSSR count). The normalized spacial score (nSPS) is 10.7. The van der Waals surface area contributed by atoms with Crippen LogP contribution in [0, 0.1) is 0 Å². The van der Waals surface area contributed by atoms with Gasteiger partial charge in [-0.05, 0) is 30.2 Å². The summed E-state index contributed by atoms with van der Waals surface area (Å²) in [5.74, 6) is -0.279. The fourth-order valence-electron chi connectivity index (χ4n) is 2.40. The second-order valence-corrected chi connectivity index (χ2v) is 5.29. The summed E-state index contributed by atoms with van der Waals surface area (Å²) in [7, 11) is 0. The number of hydrogen-bond donors (Lipinski definition) is 1. The van der Waals surface area contributed by atoms with Gasteiger partial charge in [-0.25, -0.2) is 4.68 Å². The summed E-state index contributed by atoms with van der Waals surface area (Å²) in [6.07, 6.45) is 2.55. The molecule has 2 aromatic carbocycles. The summed E-state index contributed by atoms with van der Waals surface area (Å²) >= 11 is 0. The monoisotopic (exact) mass is 307 g/mol. The van der Waals surface area contributed by atoms with Gasteiger partial charge in [0, 0.05) is 11.1 Å². The van der Waals surface area contributed by atoms with Gasteiger partial charge < -0.3 is 5.32 Å². The highest BCUT2D eigenvalue weighted by Gasteiger charge is 2.08. The Kier molecular flexibility index (Phi) is 4.19. The first-order valence-corrected chi connectivity index (χ1v) is 7.51. The second-order valence-electron chi connectivity index (χ2n) is 5.29. The molecule has 0 saturated carbocycles. The fraction of sp³-hybridized carbons (Fsp3) is 0.167. The Morgan fingerprint density at radius 1 is 1.13 bits per heavy atom. The molecule has 0 fully saturated rings. The first kappa shape index (κ1) is 15.0. The number of carbonyl (C=O) groups excluding carboxylic acids is 1. The molecule has 0 saturated heterocycles. The fourth-order valence-corrected chi connectivity index (χ4v) is 2.40. The molecule has 0 radical (unpaired) electrons. The molecule has 5 heteroatoms. The number of hydrogen-bond acceptors (Lipinski definition) is 3. The van der Waals surface area contributed by atoms with Crippen molar-refractivity contribution in [2.24, 2.45) is 0 Å². The molecule has 1 heterocycles. The average Bonchev–Trinajstić information content (AvgIpc) is 2.58. The molecular weight excluding hydrogens is 290 g/mol. The highest BCUT2D eigenvalue weighted by atomic mass is 16.2. The molecule has 0 aliphatic rings. The maximum atomic E-state index is 12.3. The summed E-state index contributed by atoms with van der Waals surface area (Å²) < 4.78 is 1.18. The number of nitrogens with one attached hydrogen (secondary N) is 1. The van der Waals surface area contributed by atoms with Crippen LogP contribution in [0.5, 0.6) is 0 Å². The lowest BCUT2D eigenvalue weighted by Gasteiger charge is -2.08. The van der Waals surface area contributed by atoms with Gasteiger partial charge in [0.2, 0.25) is 5.91 Å². The Bertz CT molecular complexity index is 898. The van der Waals surface area contributed by atoms with Crippen molar-refractivity contribution in [2.75, 3.05) is 5.32 Å². The summed E-state index contributed by atoms with van der Waals surface area (Å²) in [4.78, 5) is 24.4. The molecule has 0 unspecified atom stereocenters. The molecule has 0 aliphatic heterocycles. The van der Waals surface area contributed by atoms with Crippen LogP contribution < -0.4 is 10.9 Å². The van der Waals surface area contributed by atoms with Crippen molar-refractivity contribution in [2.45, 2.75) is 19.9 Å². The predicted octanol–water partition coefficient (Wildman–Crippen LogP) is 2.60. The summed E-state index contributed by atoms with van der Waals surface area (Å²) in [6, 6.07) is 14.8. The van der Waals surface area contributed by atoms with Crippen molar-refractivity contribution in [3.63, 3.8) is 0 Å². The minimum absolute atomic E-state index is 0.112. The minimum atomic E-state index is -0.279. The van der Waals surface area contributed by atoms with Gasteiger partial charge in [0.1, 0.15) is 6.54 Å². The van der Waals surface area contributed by atoms with Crippen LogP contribution in [-0.2, 0) is 17.8 Å². The van der Waals surface area contributed by atoms with E-state index in [2.05, 4.69) is 17.3 Å². The van der Waals surface area contributed by atoms with E-state index in [1.807, 2.05) is 36.4 Å². The molecule has 0 bridgehead atoms. The lowest BCUT2D eigenvalue weighted by Crippen LogP contribution is -2.29. The molecule has 1 amide bonds. The third-order valence-corrected chi connectivity index (χ3v) is 3.70. The summed E-state index contributed by atoms with van der Waals surface area (Å²) in [5, 5.41) is 8.16. The summed E-state index contributed by atoms with van der Waals surface area (Å²) in [5.41, 5.74) is 1.65. The molecular formula is C18H17N3O2.